The van der Waals surface area contributed by atoms with E-state index in [9.17, 15) is 8.78 Å². The third kappa shape index (κ3) is 2.76. The third-order valence-electron chi connectivity index (χ3n) is 3.06. The van der Waals surface area contributed by atoms with E-state index >= 15 is 0 Å². The van der Waals surface area contributed by atoms with Crippen molar-refractivity contribution >= 4 is 5.82 Å². The molecule has 0 fully saturated rings. The van der Waals surface area contributed by atoms with Crippen LogP contribution in [0.15, 0.2) is 18.2 Å². The minimum Gasteiger partial charge on any atom is -0.368 e. The summed E-state index contributed by atoms with van der Waals surface area (Å²) in [6, 6.07) is 4.06. The molecule has 0 aliphatic rings. The second kappa shape index (κ2) is 5.94. The number of anilines is 1. The molecule has 106 valence electrons. The molecule has 1 aromatic heterocycles. The SMILES string of the molecule is CCCNc1nc(C)c(C)nc1-c1cccc(F)c1F. The summed E-state index contributed by atoms with van der Waals surface area (Å²) in [5.41, 5.74) is 1.94. The molecule has 1 N–H and O–H groups in total. The Balaban J connectivity index is 2.59. The van der Waals surface area contributed by atoms with Gasteiger partial charge in [0.1, 0.15) is 5.69 Å². The maximum atomic E-state index is 14.0. The Morgan fingerprint density at radius 2 is 1.80 bits per heavy atom. The van der Waals surface area contributed by atoms with E-state index in [2.05, 4.69) is 15.3 Å². The highest BCUT2D eigenvalue weighted by molar-refractivity contribution is 5.72. The summed E-state index contributed by atoms with van der Waals surface area (Å²) in [6.45, 7) is 6.35. The van der Waals surface area contributed by atoms with Crippen LogP contribution in [-0.4, -0.2) is 16.5 Å². The number of aryl methyl sites for hydroxylation is 2. The average molecular weight is 277 g/mol. The number of hydrogen-bond donors (Lipinski definition) is 1. The molecular weight excluding hydrogens is 260 g/mol. The van der Waals surface area contributed by atoms with Crippen molar-refractivity contribution in [3.8, 4) is 11.3 Å². The maximum Gasteiger partial charge on any atom is 0.168 e. The maximum absolute atomic E-state index is 14.0. The summed E-state index contributed by atoms with van der Waals surface area (Å²) in [5, 5.41) is 3.11. The number of aromatic nitrogens is 2. The van der Waals surface area contributed by atoms with Crippen LogP contribution in [0.3, 0.4) is 0 Å². The fourth-order valence-corrected chi connectivity index (χ4v) is 1.84. The molecule has 0 bridgehead atoms. The molecule has 3 nitrogen and oxygen atoms in total. The van der Waals surface area contributed by atoms with E-state index in [0.29, 0.717) is 23.8 Å². The van der Waals surface area contributed by atoms with E-state index in [4.69, 9.17) is 0 Å². The highest BCUT2D eigenvalue weighted by atomic mass is 19.2. The zero-order valence-corrected chi connectivity index (χ0v) is 11.8. The highest BCUT2D eigenvalue weighted by Crippen LogP contribution is 2.28. The Morgan fingerprint density at radius 1 is 1.10 bits per heavy atom. The van der Waals surface area contributed by atoms with Crippen LogP contribution in [-0.2, 0) is 0 Å². The zero-order chi connectivity index (χ0) is 14.7. The van der Waals surface area contributed by atoms with Gasteiger partial charge < -0.3 is 5.32 Å². The number of nitrogens with one attached hydrogen (secondary N) is 1. The molecule has 0 aliphatic heterocycles. The molecular formula is C15H17F2N3. The van der Waals surface area contributed by atoms with Crippen LogP contribution in [0.5, 0.6) is 0 Å². The average Bonchev–Trinajstić information content (AvgIpc) is 2.43. The summed E-state index contributed by atoms with van der Waals surface area (Å²) < 4.78 is 27.3. The lowest BCUT2D eigenvalue weighted by atomic mass is 10.1. The predicted molar refractivity (Wildman–Crippen MR) is 75.6 cm³/mol. The van der Waals surface area contributed by atoms with E-state index in [1.807, 2.05) is 13.8 Å². The third-order valence-corrected chi connectivity index (χ3v) is 3.06. The van der Waals surface area contributed by atoms with Crippen LogP contribution >= 0.6 is 0 Å². The van der Waals surface area contributed by atoms with Gasteiger partial charge in [0, 0.05) is 12.1 Å². The van der Waals surface area contributed by atoms with Crippen molar-refractivity contribution in [2.45, 2.75) is 27.2 Å². The Hall–Kier alpha value is -2.04. The first-order valence-electron chi connectivity index (χ1n) is 6.58. The normalized spacial score (nSPS) is 10.7. The Kier molecular flexibility index (Phi) is 4.27. The molecule has 0 saturated heterocycles. The number of rotatable bonds is 4. The van der Waals surface area contributed by atoms with Gasteiger partial charge in [0.15, 0.2) is 17.5 Å². The van der Waals surface area contributed by atoms with Gasteiger partial charge in [-0.25, -0.2) is 18.7 Å². The van der Waals surface area contributed by atoms with Crippen LogP contribution < -0.4 is 5.32 Å². The lowest BCUT2D eigenvalue weighted by Crippen LogP contribution is -2.08. The van der Waals surface area contributed by atoms with Crippen molar-refractivity contribution in [1.82, 2.24) is 9.97 Å². The van der Waals surface area contributed by atoms with Gasteiger partial charge in [-0.1, -0.05) is 13.0 Å². The first-order chi connectivity index (χ1) is 9.54. The van der Waals surface area contributed by atoms with Gasteiger partial charge in [-0.15, -0.1) is 0 Å². The summed E-state index contributed by atoms with van der Waals surface area (Å²) in [5.74, 6) is -1.30. The van der Waals surface area contributed by atoms with Crippen LogP contribution in [0, 0.1) is 25.5 Å². The smallest absolute Gasteiger partial charge is 0.168 e. The minimum absolute atomic E-state index is 0.124. The lowest BCUT2D eigenvalue weighted by Gasteiger charge is -2.13. The second-order valence-electron chi connectivity index (χ2n) is 4.62. The van der Waals surface area contributed by atoms with E-state index < -0.39 is 11.6 Å². The number of nitrogens with zero attached hydrogens (tertiary/aromatic N) is 2. The van der Waals surface area contributed by atoms with E-state index in [-0.39, 0.29) is 5.56 Å². The molecule has 2 aromatic rings. The number of halogens is 2. The van der Waals surface area contributed by atoms with Crippen molar-refractivity contribution in [3.63, 3.8) is 0 Å². The number of hydrogen-bond acceptors (Lipinski definition) is 3. The van der Waals surface area contributed by atoms with Crippen molar-refractivity contribution < 1.29 is 8.78 Å². The second-order valence-corrected chi connectivity index (χ2v) is 4.62. The first kappa shape index (κ1) is 14.4. The standard InChI is InChI=1S/C15H17F2N3/c1-4-8-18-15-14(19-9(2)10(3)20-15)11-6-5-7-12(16)13(11)17/h5-7H,4,8H2,1-3H3,(H,18,20). The van der Waals surface area contributed by atoms with Gasteiger partial charge in [-0.05, 0) is 32.4 Å². The highest BCUT2D eigenvalue weighted by Gasteiger charge is 2.16. The van der Waals surface area contributed by atoms with Crippen LogP contribution in [0.4, 0.5) is 14.6 Å². The largest absolute Gasteiger partial charge is 0.368 e. The van der Waals surface area contributed by atoms with Gasteiger partial charge in [-0.2, -0.15) is 0 Å². The molecule has 1 heterocycles. The molecule has 5 heteroatoms. The fraction of sp³-hybridized carbons (Fsp3) is 0.333. The zero-order valence-electron chi connectivity index (χ0n) is 11.8. The Labute approximate surface area is 117 Å². The quantitative estimate of drug-likeness (QED) is 0.922. The van der Waals surface area contributed by atoms with Crippen LogP contribution in [0.1, 0.15) is 24.7 Å². The van der Waals surface area contributed by atoms with Gasteiger partial charge in [-0.3, -0.25) is 0 Å². The van der Waals surface area contributed by atoms with Crippen molar-refractivity contribution in [3.05, 3.63) is 41.2 Å². The summed E-state index contributed by atoms with van der Waals surface area (Å²) in [7, 11) is 0. The van der Waals surface area contributed by atoms with E-state index in [1.54, 1.807) is 6.92 Å². The van der Waals surface area contributed by atoms with Gasteiger partial charge >= 0.3 is 0 Å². The molecule has 0 amide bonds. The molecule has 0 aliphatic carbocycles. The Morgan fingerprint density at radius 3 is 2.50 bits per heavy atom. The predicted octanol–water partition coefficient (Wildman–Crippen LogP) is 3.86. The van der Waals surface area contributed by atoms with Gasteiger partial charge in [0.2, 0.25) is 0 Å². The summed E-state index contributed by atoms with van der Waals surface area (Å²) in [4.78, 5) is 8.76. The monoisotopic (exact) mass is 277 g/mol. The molecule has 0 atom stereocenters. The molecule has 0 saturated carbocycles. The first-order valence-corrected chi connectivity index (χ1v) is 6.58. The molecule has 1 aromatic carbocycles. The molecule has 2 rings (SSSR count). The van der Waals surface area contributed by atoms with Crippen molar-refractivity contribution in [2.24, 2.45) is 0 Å². The Bertz CT molecular complexity index is 627. The summed E-state index contributed by atoms with van der Waals surface area (Å²) >= 11 is 0. The molecule has 20 heavy (non-hydrogen) atoms. The summed E-state index contributed by atoms with van der Waals surface area (Å²) in [6.07, 6.45) is 0.902. The molecule has 0 unspecified atom stereocenters. The van der Waals surface area contributed by atoms with Crippen molar-refractivity contribution in [2.75, 3.05) is 11.9 Å². The fourth-order valence-electron chi connectivity index (χ4n) is 1.84. The number of benzene rings is 1. The van der Waals surface area contributed by atoms with Crippen LogP contribution in [0.25, 0.3) is 11.3 Å². The van der Waals surface area contributed by atoms with E-state index in [0.717, 1.165) is 18.2 Å². The molecule has 0 radical (unpaired) electrons. The van der Waals surface area contributed by atoms with Crippen LogP contribution in [0.2, 0.25) is 0 Å². The molecule has 0 spiro atoms. The van der Waals surface area contributed by atoms with Gasteiger partial charge in [0.05, 0.1) is 11.4 Å². The topological polar surface area (TPSA) is 37.8 Å². The van der Waals surface area contributed by atoms with Gasteiger partial charge in [0.25, 0.3) is 0 Å². The lowest BCUT2D eigenvalue weighted by molar-refractivity contribution is 0.511. The van der Waals surface area contributed by atoms with Crippen molar-refractivity contribution in [1.29, 1.82) is 0 Å². The van der Waals surface area contributed by atoms with E-state index in [1.165, 1.54) is 12.1 Å². The minimum atomic E-state index is -0.899.